The smallest absolute Gasteiger partial charge is 0.465 e. The zero-order chi connectivity index (χ0) is 23.6. The van der Waals surface area contributed by atoms with Crippen LogP contribution in [0.4, 0.5) is 18.0 Å². The fraction of sp³-hybridized carbons (Fsp3) is 0.217. The van der Waals surface area contributed by atoms with Crippen molar-refractivity contribution >= 4 is 12.0 Å². The van der Waals surface area contributed by atoms with Crippen molar-refractivity contribution in [3.8, 4) is 28.1 Å². The predicted molar refractivity (Wildman–Crippen MR) is 114 cm³/mol. The monoisotopic (exact) mass is 459 g/mol. The normalized spacial score (nSPS) is 15.5. The van der Waals surface area contributed by atoms with E-state index in [2.05, 4.69) is 15.4 Å². The molecule has 4 rings (SSSR count). The van der Waals surface area contributed by atoms with Crippen LogP contribution in [0, 0.1) is 0 Å². The fourth-order valence-corrected chi connectivity index (χ4v) is 4.02. The van der Waals surface area contributed by atoms with Gasteiger partial charge in [0.2, 0.25) is 0 Å². The molecule has 0 fully saturated rings. The predicted octanol–water partition coefficient (Wildman–Crippen LogP) is 4.66. The number of hydrogen-bond donors (Lipinski definition) is 3. The number of alkyl halides is 3. The Kier molecular flexibility index (Phi) is 5.99. The second-order valence-corrected chi connectivity index (χ2v) is 7.49. The number of carboxylic acid groups (broad SMARTS) is 1. The van der Waals surface area contributed by atoms with Crippen LogP contribution in [-0.4, -0.2) is 41.1 Å². The lowest BCUT2D eigenvalue weighted by Gasteiger charge is -2.29. The van der Waals surface area contributed by atoms with Crippen molar-refractivity contribution in [2.45, 2.75) is 18.8 Å². The summed E-state index contributed by atoms with van der Waals surface area (Å²) >= 11 is 0. The lowest BCUT2D eigenvalue weighted by molar-refractivity contribution is -0.274. The highest BCUT2D eigenvalue weighted by atomic mass is 19.4. The van der Waals surface area contributed by atoms with Crippen LogP contribution in [0.5, 0.6) is 5.75 Å². The number of fused-ring (bicyclic) bond motifs is 1. The van der Waals surface area contributed by atoms with Gasteiger partial charge in [-0.25, -0.2) is 4.79 Å². The van der Waals surface area contributed by atoms with E-state index in [0.29, 0.717) is 28.9 Å². The molecule has 0 spiro atoms. The Morgan fingerprint density at radius 2 is 1.85 bits per heavy atom. The summed E-state index contributed by atoms with van der Waals surface area (Å²) in [6.45, 7) is 0.463. The van der Waals surface area contributed by atoms with Crippen LogP contribution in [0.1, 0.15) is 23.0 Å². The van der Waals surface area contributed by atoms with Gasteiger partial charge in [0.15, 0.2) is 0 Å². The summed E-state index contributed by atoms with van der Waals surface area (Å²) in [5.74, 6) is -0.682. The van der Waals surface area contributed by atoms with Crippen molar-refractivity contribution in [3.63, 3.8) is 0 Å². The van der Waals surface area contributed by atoms with Crippen LogP contribution < -0.4 is 15.4 Å². The van der Waals surface area contributed by atoms with Crippen LogP contribution in [-0.2, 0) is 0 Å². The summed E-state index contributed by atoms with van der Waals surface area (Å²) in [6, 6.07) is 16.2. The first-order valence-electron chi connectivity index (χ1n) is 10.1. The molecule has 2 amide bonds. The topological polar surface area (TPSA) is 92.6 Å². The van der Waals surface area contributed by atoms with Crippen LogP contribution in [0.25, 0.3) is 22.4 Å². The van der Waals surface area contributed by atoms with Gasteiger partial charge in [-0.1, -0.05) is 42.5 Å². The minimum Gasteiger partial charge on any atom is -0.465 e. The number of hydrogen-bond acceptors (Lipinski definition) is 3. The minimum absolute atomic E-state index is 0.173. The number of aromatic nitrogens is 1. The highest BCUT2D eigenvalue weighted by Gasteiger charge is 2.33. The van der Waals surface area contributed by atoms with E-state index in [1.54, 1.807) is 12.1 Å². The summed E-state index contributed by atoms with van der Waals surface area (Å²) in [7, 11) is 0. The molecule has 0 saturated carbocycles. The quantitative estimate of drug-likeness (QED) is 0.500. The van der Waals surface area contributed by atoms with Gasteiger partial charge in [-0.2, -0.15) is 0 Å². The maximum Gasteiger partial charge on any atom is 0.573 e. The standard InChI is InChI=1S/C23H20F3N3O4/c24-23(25,26)33-17-8-4-7-15(11-17)18-12-19-21(30)28-13-16(9-10-27-22(31)32)29(19)20(18)14-5-2-1-3-6-14/h1-8,11-12,16,27H,9-10,13H2,(H,28,30)(H,31,32)/t16-/m0/s1. The molecule has 3 aromatic rings. The van der Waals surface area contributed by atoms with Crippen LogP contribution in [0.3, 0.4) is 0 Å². The van der Waals surface area contributed by atoms with Gasteiger partial charge in [0.05, 0.1) is 11.7 Å². The molecule has 2 heterocycles. The van der Waals surface area contributed by atoms with Gasteiger partial charge < -0.3 is 25.0 Å². The van der Waals surface area contributed by atoms with Crippen molar-refractivity contribution in [1.82, 2.24) is 15.2 Å². The molecule has 3 N–H and O–H groups in total. The summed E-state index contributed by atoms with van der Waals surface area (Å²) in [5.41, 5.74) is 2.79. The van der Waals surface area contributed by atoms with Gasteiger partial charge in [-0.3, -0.25) is 4.79 Å². The number of nitrogens with one attached hydrogen (secondary N) is 2. The third-order valence-electron chi connectivity index (χ3n) is 5.31. The molecule has 0 aliphatic carbocycles. The zero-order valence-corrected chi connectivity index (χ0v) is 17.2. The van der Waals surface area contributed by atoms with E-state index >= 15 is 0 Å². The van der Waals surface area contributed by atoms with Gasteiger partial charge in [0.25, 0.3) is 5.91 Å². The van der Waals surface area contributed by atoms with Crippen LogP contribution in [0.2, 0.25) is 0 Å². The van der Waals surface area contributed by atoms with E-state index in [1.165, 1.54) is 18.2 Å². The van der Waals surface area contributed by atoms with E-state index in [9.17, 15) is 22.8 Å². The third-order valence-corrected chi connectivity index (χ3v) is 5.31. The average Bonchev–Trinajstić information content (AvgIpc) is 3.16. The molecule has 1 aliphatic rings. The molecule has 0 unspecified atom stereocenters. The average molecular weight is 459 g/mol. The maximum atomic E-state index is 12.8. The first kappa shape index (κ1) is 22.3. The second kappa shape index (κ2) is 8.89. The molecule has 7 nitrogen and oxygen atoms in total. The van der Waals surface area contributed by atoms with E-state index in [4.69, 9.17) is 5.11 Å². The largest absolute Gasteiger partial charge is 0.573 e. The van der Waals surface area contributed by atoms with Crippen LogP contribution >= 0.6 is 0 Å². The Balaban J connectivity index is 1.85. The van der Waals surface area contributed by atoms with Gasteiger partial charge in [0, 0.05) is 18.7 Å². The molecule has 1 atom stereocenters. The van der Waals surface area contributed by atoms with Crippen molar-refractivity contribution in [3.05, 3.63) is 66.4 Å². The molecule has 1 aromatic heterocycles. The third kappa shape index (κ3) is 4.94. The Bertz CT molecular complexity index is 1180. The minimum atomic E-state index is -4.83. The Morgan fingerprint density at radius 3 is 2.55 bits per heavy atom. The summed E-state index contributed by atoms with van der Waals surface area (Å²) < 4.78 is 44.2. The number of nitrogens with zero attached hydrogens (tertiary/aromatic N) is 1. The first-order valence-corrected chi connectivity index (χ1v) is 10.1. The molecular weight excluding hydrogens is 439 g/mol. The zero-order valence-electron chi connectivity index (χ0n) is 17.2. The Labute approximate surface area is 186 Å². The first-order chi connectivity index (χ1) is 15.7. The number of halogens is 3. The number of carbonyl (C=O) groups is 2. The SMILES string of the molecule is O=C(O)NCC[C@H]1CNC(=O)c2cc(-c3cccc(OC(F)(F)F)c3)c(-c3ccccc3)n21. The number of amides is 2. The van der Waals surface area contributed by atoms with Gasteiger partial charge in [-0.05, 0) is 35.7 Å². The number of ether oxygens (including phenoxy) is 1. The molecular formula is C23H20F3N3O4. The summed E-state index contributed by atoms with van der Waals surface area (Å²) in [5, 5.41) is 14.0. The Morgan fingerprint density at radius 1 is 1.12 bits per heavy atom. The Hall–Kier alpha value is -3.95. The molecule has 1 aliphatic heterocycles. The number of carbonyl (C=O) groups excluding carboxylic acids is 1. The van der Waals surface area contributed by atoms with E-state index in [0.717, 1.165) is 5.56 Å². The lowest BCUT2D eigenvalue weighted by atomic mass is 10.0. The van der Waals surface area contributed by atoms with Crippen molar-refractivity contribution < 1.29 is 32.6 Å². The maximum absolute atomic E-state index is 12.8. The number of rotatable bonds is 6. The highest BCUT2D eigenvalue weighted by molar-refractivity contribution is 5.98. The van der Waals surface area contributed by atoms with Crippen LogP contribution in [0.15, 0.2) is 60.7 Å². The molecule has 0 bridgehead atoms. The van der Waals surface area contributed by atoms with Gasteiger partial charge in [0.1, 0.15) is 11.4 Å². The van der Waals surface area contributed by atoms with Crippen molar-refractivity contribution in [2.24, 2.45) is 0 Å². The highest BCUT2D eigenvalue weighted by Crippen LogP contribution is 2.40. The van der Waals surface area contributed by atoms with Crippen molar-refractivity contribution in [2.75, 3.05) is 13.1 Å². The van der Waals surface area contributed by atoms with Gasteiger partial charge >= 0.3 is 12.5 Å². The summed E-state index contributed by atoms with van der Waals surface area (Å²) in [4.78, 5) is 23.5. The summed E-state index contributed by atoms with van der Waals surface area (Å²) in [6.07, 6.45) is -5.57. The van der Waals surface area contributed by atoms with Crippen molar-refractivity contribution in [1.29, 1.82) is 0 Å². The van der Waals surface area contributed by atoms with E-state index < -0.39 is 12.5 Å². The van der Waals surface area contributed by atoms with E-state index in [-0.39, 0.29) is 30.8 Å². The molecule has 172 valence electrons. The van der Waals surface area contributed by atoms with Gasteiger partial charge in [-0.15, -0.1) is 13.2 Å². The molecule has 0 radical (unpaired) electrons. The molecule has 2 aromatic carbocycles. The lowest BCUT2D eigenvalue weighted by Crippen LogP contribution is -2.40. The van der Waals surface area contributed by atoms with E-state index in [1.807, 2.05) is 34.9 Å². The second-order valence-electron chi connectivity index (χ2n) is 7.49. The number of benzene rings is 2. The molecule has 33 heavy (non-hydrogen) atoms. The fourth-order valence-electron chi connectivity index (χ4n) is 4.02. The molecule has 0 saturated heterocycles. The molecule has 10 heteroatoms.